The third kappa shape index (κ3) is 3.86. The highest BCUT2D eigenvalue weighted by molar-refractivity contribution is 7.10. The van der Waals surface area contributed by atoms with Gasteiger partial charge in [-0.2, -0.15) is 0 Å². The molecule has 150 valence electrons. The van der Waals surface area contributed by atoms with E-state index in [0.29, 0.717) is 12.2 Å². The van der Waals surface area contributed by atoms with Crippen molar-refractivity contribution in [3.63, 3.8) is 0 Å². The number of carbonyl (C=O) groups is 1. The van der Waals surface area contributed by atoms with Crippen molar-refractivity contribution in [3.05, 3.63) is 98.1 Å². The topological polar surface area (TPSA) is 51.0 Å². The molecule has 3 aromatic heterocycles. The van der Waals surface area contributed by atoms with Crippen LogP contribution in [0.3, 0.4) is 0 Å². The Labute approximate surface area is 182 Å². The van der Waals surface area contributed by atoms with Crippen LogP contribution in [0.25, 0.3) is 6.08 Å². The van der Waals surface area contributed by atoms with Crippen LogP contribution in [0.2, 0.25) is 0 Å². The normalized spacial score (nSPS) is 16.1. The minimum atomic E-state index is -0.00841. The summed E-state index contributed by atoms with van der Waals surface area (Å²) in [7, 11) is 0. The highest BCUT2D eigenvalue weighted by Gasteiger charge is 2.32. The number of amides is 1. The Hall–Kier alpha value is -3.03. The van der Waals surface area contributed by atoms with Gasteiger partial charge in [0, 0.05) is 22.4 Å². The van der Waals surface area contributed by atoms with Crippen molar-refractivity contribution in [2.45, 2.75) is 19.0 Å². The summed E-state index contributed by atoms with van der Waals surface area (Å²) in [4.78, 5) is 17.6. The first-order valence-corrected chi connectivity index (χ1v) is 11.6. The summed E-state index contributed by atoms with van der Waals surface area (Å²) >= 11 is 3.48. The van der Waals surface area contributed by atoms with Crippen LogP contribution in [0, 0.1) is 0 Å². The highest BCUT2D eigenvalue weighted by atomic mass is 32.1. The van der Waals surface area contributed by atoms with Gasteiger partial charge in [-0.15, -0.1) is 27.8 Å². The molecule has 4 aromatic rings. The molecule has 1 atom stereocenters. The van der Waals surface area contributed by atoms with E-state index in [9.17, 15) is 4.79 Å². The van der Waals surface area contributed by atoms with E-state index in [0.717, 1.165) is 18.5 Å². The summed E-state index contributed by atoms with van der Waals surface area (Å²) in [5, 5.41) is 12.6. The van der Waals surface area contributed by atoms with E-state index in [-0.39, 0.29) is 11.9 Å². The number of rotatable bonds is 5. The van der Waals surface area contributed by atoms with Crippen molar-refractivity contribution >= 4 is 34.7 Å². The third-order valence-corrected chi connectivity index (χ3v) is 7.12. The molecule has 0 bridgehead atoms. The standard InChI is InChI=1S/C23H20N4OS2/c28-22(9-8-18-16-26(25-24-18)15-17-5-2-1-3-6-17)27-12-10-20-19(11-14-30-20)23(27)21-7-4-13-29-21/h1-9,11,13-14,16,23H,10,12,15H2. The van der Waals surface area contributed by atoms with E-state index in [1.54, 1.807) is 39.5 Å². The van der Waals surface area contributed by atoms with Crippen molar-refractivity contribution in [3.8, 4) is 0 Å². The molecule has 5 nitrogen and oxygen atoms in total. The first-order valence-electron chi connectivity index (χ1n) is 9.80. The summed E-state index contributed by atoms with van der Waals surface area (Å²) in [6, 6.07) is 16.4. The summed E-state index contributed by atoms with van der Waals surface area (Å²) in [5.41, 5.74) is 3.09. The summed E-state index contributed by atoms with van der Waals surface area (Å²) in [6.45, 7) is 1.38. The molecular formula is C23H20N4OS2. The second-order valence-corrected chi connectivity index (χ2v) is 9.14. The van der Waals surface area contributed by atoms with Crippen LogP contribution >= 0.6 is 22.7 Å². The Balaban J connectivity index is 1.33. The number of hydrogen-bond donors (Lipinski definition) is 0. The second-order valence-electron chi connectivity index (χ2n) is 7.16. The van der Waals surface area contributed by atoms with Crippen LogP contribution < -0.4 is 0 Å². The smallest absolute Gasteiger partial charge is 0.247 e. The van der Waals surface area contributed by atoms with Gasteiger partial charge in [0.15, 0.2) is 0 Å². The molecule has 1 amide bonds. The summed E-state index contributed by atoms with van der Waals surface area (Å²) in [6.07, 6.45) is 6.14. The van der Waals surface area contributed by atoms with Gasteiger partial charge in [0.1, 0.15) is 5.69 Å². The van der Waals surface area contributed by atoms with E-state index in [2.05, 4.69) is 45.3 Å². The molecule has 1 aliphatic rings. The van der Waals surface area contributed by atoms with Gasteiger partial charge < -0.3 is 4.90 Å². The maximum atomic E-state index is 13.1. The molecule has 0 saturated heterocycles. The highest BCUT2D eigenvalue weighted by Crippen LogP contribution is 2.39. The number of aromatic nitrogens is 3. The Kier molecular flexibility index (Phi) is 5.29. The maximum absolute atomic E-state index is 13.1. The van der Waals surface area contributed by atoms with Gasteiger partial charge >= 0.3 is 0 Å². The van der Waals surface area contributed by atoms with E-state index >= 15 is 0 Å². The van der Waals surface area contributed by atoms with Crippen molar-refractivity contribution in [1.29, 1.82) is 0 Å². The van der Waals surface area contributed by atoms with E-state index in [1.807, 2.05) is 35.4 Å². The fraction of sp³-hybridized carbons (Fsp3) is 0.174. The van der Waals surface area contributed by atoms with E-state index < -0.39 is 0 Å². The third-order valence-electron chi connectivity index (χ3n) is 5.20. The second kappa shape index (κ2) is 8.38. The molecule has 0 fully saturated rings. The minimum absolute atomic E-state index is 0.00265. The van der Waals surface area contributed by atoms with Crippen molar-refractivity contribution in [2.24, 2.45) is 0 Å². The molecule has 0 aliphatic carbocycles. The van der Waals surface area contributed by atoms with Crippen molar-refractivity contribution < 1.29 is 4.79 Å². The van der Waals surface area contributed by atoms with Gasteiger partial charge in [0.05, 0.1) is 18.8 Å². The largest absolute Gasteiger partial charge is 0.327 e. The zero-order valence-electron chi connectivity index (χ0n) is 16.2. The molecule has 1 aromatic carbocycles. The zero-order valence-corrected chi connectivity index (χ0v) is 17.9. The van der Waals surface area contributed by atoms with E-state index in [4.69, 9.17) is 0 Å². The van der Waals surface area contributed by atoms with Gasteiger partial charge in [-0.05, 0) is 46.5 Å². The van der Waals surface area contributed by atoms with Crippen LogP contribution in [0.1, 0.15) is 32.6 Å². The molecule has 0 spiro atoms. The lowest BCUT2D eigenvalue weighted by Gasteiger charge is -2.34. The molecule has 0 N–H and O–H groups in total. The lowest BCUT2D eigenvalue weighted by atomic mass is 9.98. The predicted molar refractivity (Wildman–Crippen MR) is 120 cm³/mol. The van der Waals surface area contributed by atoms with Gasteiger partial charge in [-0.25, -0.2) is 4.68 Å². The first-order chi connectivity index (χ1) is 14.8. The number of hydrogen-bond acceptors (Lipinski definition) is 5. The van der Waals surface area contributed by atoms with Crippen LogP contribution in [-0.4, -0.2) is 32.3 Å². The number of nitrogens with zero attached hydrogens (tertiary/aromatic N) is 4. The molecule has 30 heavy (non-hydrogen) atoms. The molecule has 0 saturated carbocycles. The minimum Gasteiger partial charge on any atom is -0.327 e. The molecule has 1 aliphatic heterocycles. The summed E-state index contributed by atoms with van der Waals surface area (Å²) < 4.78 is 1.78. The Morgan fingerprint density at radius 1 is 1.10 bits per heavy atom. The quantitative estimate of drug-likeness (QED) is 0.432. The Morgan fingerprint density at radius 2 is 2.00 bits per heavy atom. The first kappa shape index (κ1) is 19.0. The van der Waals surface area contributed by atoms with Crippen LogP contribution in [0.4, 0.5) is 0 Å². The average molecular weight is 433 g/mol. The molecule has 1 unspecified atom stereocenters. The SMILES string of the molecule is O=C(C=Cc1cn(Cc2ccccc2)nn1)N1CCc2sccc2C1c1cccs1. The van der Waals surface area contributed by atoms with Gasteiger partial charge in [0.2, 0.25) is 5.91 Å². The number of benzene rings is 1. The number of carbonyl (C=O) groups excluding carboxylic acids is 1. The van der Waals surface area contributed by atoms with Gasteiger partial charge in [-0.1, -0.05) is 41.6 Å². The molecule has 7 heteroatoms. The monoisotopic (exact) mass is 432 g/mol. The Bertz CT molecular complexity index is 1160. The van der Waals surface area contributed by atoms with Crippen LogP contribution in [-0.2, 0) is 17.8 Å². The Morgan fingerprint density at radius 3 is 2.83 bits per heavy atom. The lowest BCUT2D eigenvalue weighted by molar-refractivity contribution is -0.127. The lowest BCUT2D eigenvalue weighted by Crippen LogP contribution is -2.38. The van der Waals surface area contributed by atoms with Crippen molar-refractivity contribution in [2.75, 3.05) is 6.54 Å². The fourth-order valence-electron chi connectivity index (χ4n) is 3.80. The molecular weight excluding hydrogens is 412 g/mol. The maximum Gasteiger partial charge on any atom is 0.247 e. The fourth-order valence-corrected chi connectivity index (χ4v) is 5.56. The average Bonchev–Trinajstić information content (AvgIpc) is 3.53. The van der Waals surface area contributed by atoms with Crippen LogP contribution in [0.15, 0.2) is 71.6 Å². The van der Waals surface area contributed by atoms with E-state index in [1.165, 1.54) is 15.3 Å². The number of fused-ring (bicyclic) bond motifs is 1. The molecule has 5 rings (SSSR count). The molecule has 0 radical (unpaired) electrons. The van der Waals surface area contributed by atoms with Gasteiger partial charge in [0.25, 0.3) is 0 Å². The molecule has 4 heterocycles. The zero-order chi connectivity index (χ0) is 20.3. The van der Waals surface area contributed by atoms with Crippen LogP contribution in [0.5, 0.6) is 0 Å². The van der Waals surface area contributed by atoms with Crippen molar-refractivity contribution in [1.82, 2.24) is 19.9 Å². The van der Waals surface area contributed by atoms with Gasteiger partial charge in [-0.3, -0.25) is 4.79 Å². The summed E-state index contributed by atoms with van der Waals surface area (Å²) in [5.74, 6) is 0.00265. The predicted octanol–water partition coefficient (Wildman–Crippen LogP) is 4.64. The number of thiophene rings is 2.